The van der Waals surface area contributed by atoms with E-state index in [0.29, 0.717) is 24.5 Å². The van der Waals surface area contributed by atoms with Crippen molar-refractivity contribution in [1.82, 2.24) is 4.90 Å². The number of hydrogen-bond donors (Lipinski definition) is 1. The lowest BCUT2D eigenvalue weighted by Gasteiger charge is -2.27. The zero-order valence-electron chi connectivity index (χ0n) is 21.8. The summed E-state index contributed by atoms with van der Waals surface area (Å²) in [6.45, 7) is 3.35. The van der Waals surface area contributed by atoms with Gasteiger partial charge in [-0.3, -0.25) is 9.59 Å². The van der Waals surface area contributed by atoms with E-state index in [4.69, 9.17) is 14.2 Å². The maximum atomic E-state index is 13.4. The Labute approximate surface area is 227 Å². The summed E-state index contributed by atoms with van der Waals surface area (Å²) in [5.74, 6) is -0.0449. The molecular formula is C32H31NO6. The van der Waals surface area contributed by atoms with Gasteiger partial charge in [0.15, 0.2) is 0 Å². The second-order valence-corrected chi connectivity index (χ2v) is 10.4. The molecule has 1 N–H and O–H groups in total. The van der Waals surface area contributed by atoms with E-state index in [-0.39, 0.29) is 30.1 Å². The molecule has 0 radical (unpaired) electrons. The van der Waals surface area contributed by atoms with Crippen molar-refractivity contribution in [2.24, 2.45) is 0 Å². The first kappa shape index (κ1) is 25.2. The summed E-state index contributed by atoms with van der Waals surface area (Å²) in [6.07, 6.45) is 2.38. The maximum Gasteiger partial charge on any atom is 0.295 e. The number of likely N-dealkylation sites (tertiary alicyclic amines) is 1. The Morgan fingerprint density at radius 1 is 1.05 bits per heavy atom. The summed E-state index contributed by atoms with van der Waals surface area (Å²) in [4.78, 5) is 28.3. The number of aliphatic hydroxyl groups is 1. The first-order valence-corrected chi connectivity index (χ1v) is 13.4. The molecular weight excluding hydrogens is 494 g/mol. The second kappa shape index (κ2) is 10.6. The van der Waals surface area contributed by atoms with E-state index in [9.17, 15) is 14.7 Å². The molecule has 0 unspecified atom stereocenters. The van der Waals surface area contributed by atoms with E-state index in [1.807, 2.05) is 73.7 Å². The van der Waals surface area contributed by atoms with Crippen LogP contribution in [0.2, 0.25) is 0 Å². The van der Waals surface area contributed by atoms with Crippen LogP contribution in [0.15, 0.2) is 78.4 Å². The fraction of sp³-hybridized carbons (Fsp3) is 0.312. The lowest BCUT2D eigenvalue weighted by atomic mass is 9.94. The number of ketones is 1. The van der Waals surface area contributed by atoms with E-state index in [1.54, 1.807) is 11.0 Å². The standard InChI is InChI=1S/C32H31NO6/c1-20-16-24-17-23(11-14-27(24)39-20)30(34)28-29(33(32(36)31(28)35)18-26-8-5-15-37-26)22-9-12-25(13-10-22)38-19-21-6-3-2-4-7-21/h2-4,6-7,9-14,17,20,26,29,34H,5,8,15-16,18-19H2,1H3/t20-,26+,29-/m1/s1. The van der Waals surface area contributed by atoms with Gasteiger partial charge >= 0.3 is 0 Å². The molecule has 3 aliphatic heterocycles. The van der Waals surface area contributed by atoms with Gasteiger partial charge in [-0.2, -0.15) is 0 Å². The van der Waals surface area contributed by atoms with Gasteiger partial charge in [0.1, 0.15) is 30.0 Å². The van der Waals surface area contributed by atoms with Crippen molar-refractivity contribution < 1.29 is 28.9 Å². The minimum Gasteiger partial charge on any atom is -0.507 e. The van der Waals surface area contributed by atoms with Crippen LogP contribution in [0.3, 0.4) is 0 Å². The van der Waals surface area contributed by atoms with Gasteiger partial charge in [-0.05, 0) is 66.8 Å². The number of hydrogen-bond acceptors (Lipinski definition) is 6. The molecule has 1 amide bonds. The number of Topliss-reactive ketones (excluding diaryl/α,β-unsaturated/α-hetero) is 1. The largest absolute Gasteiger partial charge is 0.507 e. The van der Waals surface area contributed by atoms with Crippen LogP contribution in [0.4, 0.5) is 0 Å². The van der Waals surface area contributed by atoms with Crippen molar-refractivity contribution in [3.05, 3.63) is 101 Å². The fourth-order valence-corrected chi connectivity index (χ4v) is 5.63. The van der Waals surface area contributed by atoms with Gasteiger partial charge in [0, 0.05) is 25.1 Å². The van der Waals surface area contributed by atoms with Crippen LogP contribution in [-0.2, 0) is 27.4 Å². The summed E-state index contributed by atoms with van der Waals surface area (Å²) in [5, 5.41) is 11.5. The third kappa shape index (κ3) is 5.02. The average molecular weight is 526 g/mol. The molecule has 3 heterocycles. The topological polar surface area (TPSA) is 85.3 Å². The Hall–Kier alpha value is -4.10. The zero-order chi connectivity index (χ0) is 26.9. The third-order valence-electron chi connectivity index (χ3n) is 7.58. The van der Waals surface area contributed by atoms with Crippen molar-refractivity contribution in [2.75, 3.05) is 13.2 Å². The molecule has 0 aromatic heterocycles. The van der Waals surface area contributed by atoms with Crippen LogP contribution in [0.1, 0.15) is 48.1 Å². The Balaban J connectivity index is 1.34. The minimum atomic E-state index is -0.735. The molecule has 2 fully saturated rings. The first-order chi connectivity index (χ1) is 19.0. The Morgan fingerprint density at radius 3 is 2.59 bits per heavy atom. The van der Waals surface area contributed by atoms with E-state index >= 15 is 0 Å². The highest BCUT2D eigenvalue weighted by atomic mass is 16.5. The van der Waals surface area contributed by atoms with Crippen molar-refractivity contribution in [2.45, 2.75) is 51.0 Å². The number of amides is 1. The molecule has 7 nitrogen and oxygen atoms in total. The summed E-state index contributed by atoms with van der Waals surface area (Å²) in [6, 6.07) is 21.9. The first-order valence-electron chi connectivity index (χ1n) is 13.4. The Kier molecular flexibility index (Phi) is 6.83. The fourth-order valence-electron chi connectivity index (χ4n) is 5.63. The highest BCUT2D eigenvalue weighted by Crippen LogP contribution is 2.41. The normalized spacial score (nSPS) is 23.6. The molecule has 3 aromatic rings. The van der Waals surface area contributed by atoms with Gasteiger partial charge in [-0.1, -0.05) is 42.5 Å². The number of fused-ring (bicyclic) bond motifs is 1. The lowest BCUT2D eigenvalue weighted by molar-refractivity contribution is -0.140. The third-order valence-corrected chi connectivity index (χ3v) is 7.58. The molecule has 7 heteroatoms. The number of aliphatic hydroxyl groups excluding tert-OH is 1. The molecule has 0 bridgehead atoms. The van der Waals surface area contributed by atoms with Crippen LogP contribution in [-0.4, -0.2) is 47.1 Å². The van der Waals surface area contributed by atoms with E-state index in [2.05, 4.69) is 0 Å². The summed E-state index contributed by atoms with van der Waals surface area (Å²) >= 11 is 0. The Bertz CT molecular complexity index is 1410. The second-order valence-electron chi connectivity index (χ2n) is 10.4. The zero-order valence-corrected chi connectivity index (χ0v) is 21.8. The molecule has 39 heavy (non-hydrogen) atoms. The number of carbonyl (C=O) groups is 2. The number of nitrogens with zero attached hydrogens (tertiary/aromatic N) is 1. The van der Waals surface area contributed by atoms with Gasteiger partial charge in [0.05, 0.1) is 17.7 Å². The Morgan fingerprint density at radius 2 is 1.85 bits per heavy atom. The van der Waals surface area contributed by atoms with Crippen molar-refractivity contribution >= 4 is 17.4 Å². The van der Waals surface area contributed by atoms with Gasteiger partial charge < -0.3 is 24.2 Å². The quantitative estimate of drug-likeness (QED) is 0.260. The number of carbonyl (C=O) groups excluding carboxylic acids is 2. The predicted molar refractivity (Wildman–Crippen MR) is 145 cm³/mol. The van der Waals surface area contributed by atoms with Crippen molar-refractivity contribution in [3.8, 4) is 11.5 Å². The van der Waals surface area contributed by atoms with E-state index in [1.165, 1.54) is 0 Å². The molecule has 0 spiro atoms. The molecule has 2 saturated heterocycles. The monoisotopic (exact) mass is 525 g/mol. The SMILES string of the molecule is C[C@@H]1Cc2cc(C(O)=C3C(=O)C(=O)N(C[C@@H]4CCCO4)[C@@H]3c3ccc(OCc4ccccc4)cc3)ccc2O1. The van der Waals surface area contributed by atoms with Crippen LogP contribution in [0.25, 0.3) is 5.76 Å². The molecule has 3 aromatic carbocycles. The highest BCUT2D eigenvalue weighted by molar-refractivity contribution is 6.46. The minimum absolute atomic E-state index is 0.0528. The van der Waals surface area contributed by atoms with Crippen LogP contribution in [0.5, 0.6) is 11.5 Å². The van der Waals surface area contributed by atoms with Crippen LogP contribution in [0, 0.1) is 0 Å². The van der Waals surface area contributed by atoms with Gasteiger partial charge in [0.2, 0.25) is 0 Å². The molecule has 6 rings (SSSR count). The maximum absolute atomic E-state index is 13.4. The molecule has 3 aliphatic rings. The van der Waals surface area contributed by atoms with Crippen LogP contribution >= 0.6 is 0 Å². The highest BCUT2D eigenvalue weighted by Gasteiger charge is 2.47. The molecule has 200 valence electrons. The number of benzene rings is 3. The van der Waals surface area contributed by atoms with Gasteiger partial charge in [-0.25, -0.2) is 0 Å². The average Bonchev–Trinajstić information content (AvgIpc) is 3.67. The van der Waals surface area contributed by atoms with Gasteiger partial charge in [0.25, 0.3) is 11.7 Å². The van der Waals surface area contributed by atoms with Crippen molar-refractivity contribution in [1.29, 1.82) is 0 Å². The summed E-state index contributed by atoms with van der Waals surface area (Å²) in [5.41, 5.74) is 3.33. The van der Waals surface area contributed by atoms with Crippen molar-refractivity contribution in [3.63, 3.8) is 0 Å². The summed E-state index contributed by atoms with van der Waals surface area (Å²) < 4.78 is 17.5. The number of ether oxygens (including phenoxy) is 3. The molecule has 0 saturated carbocycles. The molecule has 3 atom stereocenters. The van der Waals surface area contributed by atoms with Gasteiger partial charge in [-0.15, -0.1) is 0 Å². The van der Waals surface area contributed by atoms with E-state index in [0.717, 1.165) is 41.7 Å². The molecule has 0 aliphatic carbocycles. The summed E-state index contributed by atoms with van der Waals surface area (Å²) in [7, 11) is 0. The van der Waals surface area contributed by atoms with E-state index < -0.39 is 17.7 Å². The lowest BCUT2D eigenvalue weighted by Crippen LogP contribution is -2.36. The van der Waals surface area contributed by atoms with Crippen LogP contribution < -0.4 is 9.47 Å². The smallest absolute Gasteiger partial charge is 0.295 e. The predicted octanol–water partition coefficient (Wildman–Crippen LogP) is 5.19. The number of rotatable bonds is 7.